The van der Waals surface area contributed by atoms with E-state index in [4.69, 9.17) is 0 Å². The van der Waals surface area contributed by atoms with Crippen LogP contribution in [0.2, 0.25) is 0 Å². The van der Waals surface area contributed by atoms with Crippen LogP contribution in [0.4, 0.5) is 14.6 Å². The molecule has 0 aliphatic carbocycles. The monoisotopic (exact) mass is 359 g/mol. The maximum atomic E-state index is 13.4. The molecule has 0 atom stereocenters. The van der Waals surface area contributed by atoms with E-state index >= 15 is 0 Å². The van der Waals surface area contributed by atoms with Crippen molar-refractivity contribution in [3.8, 4) is 0 Å². The van der Waals surface area contributed by atoms with E-state index in [9.17, 15) is 13.6 Å². The summed E-state index contributed by atoms with van der Waals surface area (Å²) in [4.78, 5) is 19.2. The Bertz CT molecular complexity index is 989. The van der Waals surface area contributed by atoms with Crippen LogP contribution in [0.3, 0.4) is 0 Å². The van der Waals surface area contributed by atoms with Crippen molar-refractivity contribution < 1.29 is 8.78 Å². The fourth-order valence-electron chi connectivity index (χ4n) is 3.35. The minimum atomic E-state index is -0.939. The summed E-state index contributed by atoms with van der Waals surface area (Å²) in [6.07, 6.45) is 7.73. The molecule has 0 N–H and O–H groups in total. The molecule has 8 heteroatoms. The highest BCUT2D eigenvalue weighted by Crippen LogP contribution is 2.20. The minimum absolute atomic E-state index is 0.0666. The van der Waals surface area contributed by atoms with Gasteiger partial charge in [0.2, 0.25) is 5.65 Å². The Kier molecular flexibility index (Phi) is 4.40. The number of hydrogen-bond donors (Lipinski definition) is 0. The van der Waals surface area contributed by atoms with Crippen molar-refractivity contribution in [1.29, 1.82) is 0 Å². The van der Waals surface area contributed by atoms with Crippen molar-refractivity contribution in [3.63, 3.8) is 0 Å². The largest absolute Gasteiger partial charge is 0.353 e. The number of fused-ring (bicyclic) bond motifs is 1. The Labute approximate surface area is 148 Å². The smallest absolute Gasteiger partial charge is 0.350 e. The maximum Gasteiger partial charge on any atom is 0.350 e. The molecule has 0 saturated carbocycles. The summed E-state index contributed by atoms with van der Waals surface area (Å²) >= 11 is 0. The predicted octanol–water partition coefficient (Wildman–Crippen LogP) is 2.60. The average Bonchev–Trinajstić information content (AvgIpc) is 2.82. The van der Waals surface area contributed by atoms with Gasteiger partial charge in [-0.15, -0.1) is 5.10 Å². The molecule has 1 aliphatic heterocycles. The van der Waals surface area contributed by atoms with Gasteiger partial charge in [-0.2, -0.15) is 0 Å². The molecule has 0 radical (unpaired) electrons. The Hall–Kier alpha value is -2.77. The number of rotatable bonds is 3. The first-order valence-electron chi connectivity index (χ1n) is 8.76. The molecule has 1 fully saturated rings. The van der Waals surface area contributed by atoms with Crippen LogP contribution in [-0.2, 0) is 6.54 Å². The summed E-state index contributed by atoms with van der Waals surface area (Å²) in [6, 6.07) is 3.58. The van der Waals surface area contributed by atoms with Gasteiger partial charge in [0.1, 0.15) is 0 Å². The summed E-state index contributed by atoms with van der Waals surface area (Å²) < 4.78 is 29.2. The SMILES string of the molecule is O=c1n(Cc2ccc(F)c(F)c2)nc2c(N3CCCCCC3)nccn12. The molecule has 2 aromatic heterocycles. The van der Waals surface area contributed by atoms with Crippen LogP contribution in [-0.4, -0.2) is 32.3 Å². The summed E-state index contributed by atoms with van der Waals surface area (Å²) in [7, 11) is 0. The number of nitrogens with zero attached hydrogens (tertiary/aromatic N) is 5. The molecule has 1 aliphatic rings. The molecule has 0 spiro atoms. The fourth-order valence-corrected chi connectivity index (χ4v) is 3.35. The van der Waals surface area contributed by atoms with E-state index in [1.807, 2.05) is 0 Å². The molecule has 136 valence electrons. The van der Waals surface area contributed by atoms with Crippen molar-refractivity contribution in [2.24, 2.45) is 0 Å². The lowest BCUT2D eigenvalue weighted by molar-refractivity contribution is 0.505. The normalized spacial score (nSPS) is 15.4. The third-order valence-corrected chi connectivity index (χ3v) is 4.71. The molecular weight excluding hydrogens is 340 g/mol. The second-order valence-corrected chi connectivity index (χ2v) is 6.53. The molecule has 1 saturated heterocycles. The molecule has 3 aromatic rings. The zero-order valence-corrected chi connectivity index (χ0v) is 14.2. The van der Waals surface area contributed by atoms with Gasteiger partial charge in [-0.3, -0.25) is 0 Å². The van der Waals surface area contributed by atoms with E-state index < -0.39 is 11.6 Å². The second-order valence-electron chi connectivity index (χ2n) is 6.53. The standard InChI is InChI=1S/C18H19F2N5O/c19-14-6-5-13(11-15(14)20)12-25-18(26)24-10-7-21-16(17(24)22-25)23-8-3-1-2-4-9-23/h5-7,10-11H,1-4,8-9,12H2. The molecule has 6 nitrogen and oxygen atoms in total. The highest BCUT2D eigenvalue weighted by Gasteiger charge is 2.18. The van der Waals surface area contributed by atoms with E-state index in [1.165, 1.54) is 28.0 Å². The van der Waals surface area contributed by atoms with E-state index in [2.05, 4.69) is 15.0 Å². The van der Waals surface area contributed by atoms with Crippen LogP contribution in [0.15, 0.2) is 35.4 Å². The molecular formula is C18H19F2N5O. The van der Waals surface area contributed by atoms with Crippen LogP contribution in [0, 0.1) is 11.6 Å². The second kappa shape index (κ2) is 6.86. The molecule has 0 amide bonds. The molecule has 0 unspecified atom stereocenters. The van der Waals surface area contributed by atoms with Crippen molar-refractivity contribution in [2.45, 2.75) is 32.2 Å². The highest BCUT2D eigenvalue weighted by molar-refractivity contribution is 5.63. The third-order valence-electron chi connectivity index (χ3n) is 4.71. The van der Waals surface area contributed by atoms with Crippen molar-refractivity contribution in [2.75, 3.05) is 18.0 Å². The summed E-state index contributed by atoms with van der Waals surface area (Å²) in [5.74, 6) is -1.16. The zero-order valence-electron chi connectivity index (χ0n) is 14.2. The van der Waals surface area contributed by atoms with Gasteiger partial charge >= 0.3 is 5.69 Å². The maximum absolute atomic E-state index is 13.4. The average molecular weight is 359 g/mol. The van der Waals surface area contributed by atoms with Crippen LogP contribution < -0.4 is 10.6 Å². The number of hydrogen-bond acceptors (Lipinski definition) is 4. The van der Waals surface area contributed by atoms with Gasteiger partial charge in [0.05, 0.1) is 6.54 Å². The lowest BCUT2D eigenvalue weighted by atomic mass is 10.2. The van der Waals surface area contributed by atoms with Gasteiger partial charge < -0.3 is 4.90 Å². The van der Waals surface area contributed by atoms with Gasteiger partial charge in [-0.05, 0) is 30.5 Å². The van der Waals surface area contributed by atoms with Crippen LogP contribution in [0.1, 0.15) is 31.2 Å². The highest BCUT2D eigenvalue weighted by atomic mass is 19.2. The van der Waals surface area contributed by atoms with Crippen LogP contribution in [0.25, 0.3) is 5.65 Å². The lowest BCUT2D eigenvalue weighted by Gasteiger charge is -2.21. The Balaban J connectivity index is 1.72. The first-order chi connectivity index (χ1) is 12.6. The van der Waals surface area contributed by atoms with Gasteiger partial charge in [0, 0.05) is 25.5 Å². The topological polar surface area (TPSA) is 55.4 Å². The van der Waals surface area contributed by atoms with Crippen LogP contribution in [0.5, 0.6) is 0 Å². The number of anilines is 1. The predicted molar refractivity (Wildman–Crippen MR) is 93.4 cm³/mol. The molecule has 26 heavy (non-hydrogen) atoms. The van der Waals surface area contributed by atoms with E-state index in [1.54, 1.807) is 12.4 Å². The minimum Gasteiger partial charge on any atom is -0.353 e. The van der Waals surface area contributed by atoms with Gasteiger partial charge in [0.15, 0.2) is 17.5 Å². The Morgan fingerprint density at radius 2 is 1.81 bits per heavy atom. The van der Waals surface area contributed by atoms with Crippen LogP contribution >= 0.6 is 0 Å². The summed E-state index contributed by atoms with van der Waals surface area (Å²) in [5, 5.41) is 4.41. The number of halogens is 2. The first-order valence-corrected chi connectivity index (χ1v) is 8.76. The van der Waals surface area contributed by atoms with Gasteiger partial charge in [-0.25, -0.2) is 27.6 Å². The van der Waals surface area contributed by atoms with E-state index in [0.29, 0.717) is 17.0 Å². The number of benzene rings is 1. The van der Waals surface area contributed by atoms with Crippen molar-refractivity contribution >= 4 is 11.5 Å². The first kappa shape index (κ1) is 16.7. The van der Waals surface area contributed by atoms with Gasteiger partial charge in [-0.1, -0.05) is 18.9 Å². The summed E-state index contributed by atoms with van der Waals surface area (Å²) in [5.41, 5.74) is 0.629. The molecule has 4 rings (SSSR count). The molecule has 0 bridgehead atoms. The lowest BCUT2D eigenvalue weighted by Crippen LogP contribution is -2.26. The Morgan fingerprint density at radius 3 is 2.54 bits per heavy atom. The summed E-state index contributed by atoms with van der Waals surface area (Å²) in [6.45, 7) is 1.84. The fraction of sp³-hybridized carbons (Fsp3) is 0.389. The van der Waals surface area contributed by atoms with E-state index in [0.717, 1.165) is 38.1 Å². The molecule has 1 aromatic carbocycles. The van der Waals surface area contributed by atoms with Crippen molar-refractivity contribution in [3.05, 3.63) is 58.3 Å². The quantitative estimate of drug-likeness (QED) is 0.721. The van der Waals surface area contributed by atoms with E-state index in [-0.39, 0.29) is 12.2 Å². The zero-order chi connectivity index (χ0) is 18.1. The third kappa shape index (κ3) is 3.07. The number of aromatic nitrogens is 4. The Morgan fingerprint density at radius 1 is 1.04 bits per heavy atom. The van der Waals surface area contributed by atoms with Gasteiger partial charge in [0.25, 0.3) is 0 Å². The molecule has 3 heterocycles. The van der Waals surface area contributed by atoms with Crippen molar-refractivity contribution in [1.82, 2.24) is 19.2 Å².